The van der Waals surface area contributed by atoms with Crippen LogP contribution in [0, 0.1) is 0 Å². The van der Waals surface area contributed by atoms with Crippen molar-refractivity contribution in [1.29, 1.82) is 0 Å². The molecule has 1 heterocycles. The van der Waals surface area contributed by atoms with E-state index < -0.39 is 0 Å². The molecule has 41 heavy (non-hydrogen) atoms. The monoisotopic (exact) mass is 520 g/mol. The molecule has 0 saturated heterocycles. The molecule has 0 bridgehead atoms. The van der Waals surface area contributed by atoms with E-state index in [-0.39, 0.29) is 0 Å². The minimum Gasteiger partial charge on any atom is -0.456 e. The van der Waals surface area contributed by atoms with Crippen LogP contribution in [0.4, 0.5) is 0 Å². The molecular weight excluding hydrogens is 496 g/mol. The number of benzene rings is 8. The van der Waals surface area contributed by atoms with Gasteiger partial charge >= 0.3 is 0 Å². The topological polar surface area (TPSA) is 13.1 Å². The summed E-state index contributed by atoms with van der Waals surface area (Å²) in [6.45, 7) is 0. The molecule has 190 valence electrons. The average Bonchev–Trinajstić information content (AvgIpc) is 3.40. The maximum atomic E-state index is 6.48. The Kier molecular flexibility index (Phi) is 4.67. The Bertz CT molecular complexity index is 2460. The highest BCUT2D eigenvalue weighted by Gasteiger charge is 2.18. The van der Waals surface area contributed by atoms with E-state index in [1.165, 1.54) is 70.7 Å². The Morgan fingerprint density at radius 2 is 1.07 bits per heavy atom. The molecule has 1 aromatic heterocycles. The largest absolute Gasteiger partial charge is 0.456 e. The van der Waals surface area contributed by atoms with E-state index in [2.05, 4.69) is 146 Å². The number of hydrogen-bond donors (Lipinski definition) is 0. The van der Waals surface area contributed by atoms with Crippen LogP contribution in [0.25, 0.3) is 87.3 Å². The first-order chi connectivity index (χ1) is 20.3. The maximum Gasteiger partial charge on any atom is 0.136 e. The summed E-state index contributed by atoms with van der Waals surface area (Å²) in [6.07, 6.45) is 0. The van der Waals surface area contributed by atoms with Crippen molar-refractivity contribution in [2.24, 2.45) is 0 Å². The molecular formula is C40H24O. The van der Waals surface area contributed by atoms with E-state index in [9.17, 15) is 0 Å². The van der Waals surface area contributed by atoms with Crippen LogP contribution in [0.3, 0.4) is 0 Å². The van der Waals surface area contributed by atoms with E-state index in [0.717, 1.165) is 16.6 Å². The van der Waals surface area contributed by atoms with Gasteiger partial charge in [0.1, 0.15) is 11.2 Å². The molecule has 9 rings (SSSR count). The Morgan fingerprint density at radius 3 is 1.95 bits per heavy atom. The first kappa shape index (κ1) is 22.4. The van der Waals surface area contributed by atoms with Gasteiger partial charge < -0.3 is 4.42 Å². The van der Waals surface area contributed by atoms with Gasteiger partial charge in [0.05, 0.1) is 0 Å². The highest BCUT2D eigenvalue weighted by molar-refractivity contribution is 6.25. The summed E-state index contributed by atoms with van der Waals surface area (Å²) in [7, 11) is 0. The second-order valence-electron chi connectivity index (χ2n) is 10.9. The summed E-state index contributed by atoms with van der Waals surface area (Å²) < 4.78 is 6.48. The third-order valence-corrected chi connectivity index (χ3v) is 8.60. The van der Waals surface area contributed by atoms with Gasteiger partial charge in [0.15, 0.2) is 0 Å². The van der Waals surface area contributed by atoms with Crippen molar-refractivity contribution in [2.75, 3.05) is 0 Å². The molecule has 0 aliphatic carbocycles. The lowest BCUT2D eigenvalue weighted by Crippen LogP contribution is -1.88. The van der Waals surface area contributed by atoms with Crippen molar-refractivity contribution in [3.63, 3.8) is 0 Å². The van der Waals surface area contributed by atoms with Gasteiger partial charge in [-0.2, -0.15) is 0 Å². The zero-order chi connectivity index (χ0) is 26.9. The molecule has 0 fully saturated rings. The molecule has 0 N–H and O–H groups in total. The van der Waals surface area contributed by atoms with Crippen molar-refractivity contribution in [1.82, 2.24) is 0 Å². The third kappa shape index (κ3) is 3.36. The van der Waals surface area contributed by atoms with Gasteiger partial charge in [-0.1, -0.05) is 115 Å². The lowest BCUT2D eigenvalue weighted by molar-refractivity contribution is 0.669. The Labute approximate surface area is 236 Å². The van der Waals surface area contributed by atoms with Crippen LogP contribution < -0.4 is 0 Å². The molecule has 0 saturated carbocycles. The number of hydrogen-bond acceptors (Lipinski definition) is 1. The lowest BCUT2D eigenvalue weighted by atomic mass is 9.87. The van der Waals surface area contributed by atoms with Gasteiger partial charge in [-0.3, -0.25) is 0 Å². The van der Waals surface area contributed by atoms with Gasteiger partial charge in [-0.25, -0.2) is 0 Å². The van der Waals surface area contributed by atoms with Crippen molar-refractivity contribution in [3.05, 3.63) is 146 Å². The Hall–Kier alpha value is -5.40. The smallest absolute Gasteiger partial charge is 0.136 e. The predicted octanol–water partition coefficient (Wildman–Crippen LogP) is 11.5. The van der Waals surface area contributed by atoms with Gasteiger partial charge in [-0.15, -0.1) is 0 Å². The van der Waals surface area contributed by atoms with Crippen molar-refractivity contribution < 1.29 is 4.42 Å². The van der Waals surface area contributed by atoms with E-state index in [1.54, 1.807) is 0 Å². The third-order valence-electron chi connectivity index (χ3n) is 8.60. The molecule has 0 aliphatic rings. The van der Waals surface area contributed by atoms with E-state index in [4.69, 9.17) is 4.42 Å². The Balaban J connectivity index is 1.43. The standard InChI is InChI=1S/C40H24O/c1-2-9-25(10-3-1)29-18-17-26-19-20-32-35(34(26)21-29)23-30-13-6-7-14-31(30)39(32)33-15-8-16-37-40(33)36-22-27-11-4-5-12-28(27)24-38(36)41-37/h1-24H. The minimum atomic E-state index is 0.918. The molecule has 1 heteroatoms. The SMILES string of the molecule is c1ccc(-c2ccc3ccc4c(-c5cccc6oc7cc8ccccc8cc7c56)c5ccccc5cc4c3c2)cc1. The zero-order valence-electron chi connectivity index (χ0n) is 22.3. The fraction of sp³-hybridized carbons (Fsp3) is 0. The highest BCUT2D eigenvalue weighted by Crippen LogP contribution is 2.45. The number of fused-ring (bicyclic) bond motifs is 8. The molecule has 0 amide bonds. The second kappa shape index (κ2) is 8.55. The van der Waals surface area contributed by atoms with Gasteiger partial charge in [0.25, 0.3) is 0 Å². The molecule has 8 aromatic carbocycles. The van der Waals surface area contributed by atoms with Crippen molar-refractivity contribution in [3.8, 4) is 22.3 Å². The number of furan rings is 1. The zero-order valence-corrected chi connectivity index (χ0v) is 22.3. The summed E-state index contributed by atoms with van der Waals surface area (Å²) in [5, 5.41) is 12.3. The van der Waals surface area contributed by atoms with Gasteiger partial charge in [-0.05, 0) is 95.7 Å². The van der Waals surface area contributed by atoms with Crippen molar-refractivity contribution >= 4 is 65.0 Å². The van der Waals surface area contributed by atoms with Crippen LogP contribution in [0.15, 0.2) is 150 Å². The summed E-state index contributed by atoms with van der Waals surface area (Å²) in [5.41, 5.74) is 6.77. The van der Waals surface area contributed by atoms with Crippen LogP contribution in [0.2, 0.25) is 0 Å². The quantitative estimate of drug-likeness (QED) is 0.163. The minimum absolute atomic E-state index is 0.918. The summed E-state index contributed by atoms with van der Waals surface area (Å²) in [5.74, 6) is 0. The summed E-state index contributed by atoms with van der Waals surface area (Å²) in [4.78, 5) is 0. The highest BCUT2D eigenvalue weighted by atomic mass is 16.3. The molecule has 0 spiro atoms. The van der Waals surface area contributed by atoms with Crippen LogP contribution in [0.5, 0.6) is 0 Å². The van der Waals surface area contributed by atoms with Gasteiger partial charge in [0, 0.05) is 10.8 Å². The van der Waals surface area contributed by atoms with E-state index >= 15 is 0 Å². The second-order valence-corrected chi connectivity index (χ2v) is 10.9. The van der Waals surface area contributed by atoms with Crippen LogP contribution in [-0.2, 0) is 0 Å². The van der Waals surface area contributed by atoms with Crippen LogP contribution in [0.1, 0.15) is 0 Å². The van der Waals surface area contributed by atoms with E-state index in [0.29, 0.717) is 0 Å². The van der Waals surface area contributed by atoms with Gasteiger partial charge in [0.2, 0.25) is 0 Å². The predicted molar refractivity (Wildman–Crippen MR) is 175 cm³/mol. The molecule has 0 atom stereocenters. The normalized spacial score (nSPS) is 11.9. The Morgan fingerprint density at radius 1 is 0.341 bits per heavy atom. The molecule has 0 aliphatic heterocycles. The van der Waals surface area contributed by atoms with Crippen molar-refractivity contribution in [2.45, 2.75) is 0 Å². The molecule has 0 radical (unpaired) electrons. The molecule has 1 nitrogen and oxygen atoms in total. The average molecular weight is 521 g/mol. The fourth-order valence-electron chi connectivity index (χ4n) is 6.69. The first-order valence-corrected chi connectivity index (χ1v) is 14.1. The summed E-state index contributed by atoms with van der Waals surface area (Å²) >= 11 is 0. The van der Waals surface area contributed by atoms with Crippen LogP contribution in [-0.4, -0.2) is 0 Å². The lowest BCUT2D eigenvalue weighted by Gasteiger charge is -2.15. The van der Waals surface area contributed by atoms with Crippen LogP contribution >= 0.6 is 0 Å². The summed E-state index contributed by atoms with van der Waals surface area (Å²) in [6, 6.07) is 52.7. The molecule has 0 unspecified atom stereocenters. The molecule has 9 aromatic rings. The van der Waals surface area contributed by atoms with E-state index in [1.807, 2.05) is 0 Å². The maximum absolute atomic E-state index is 6.48. The number of rotatable bonds is 2. The fourth-order valence-corrected chi connectivity index (χ4v) is 6.69. The first-order valence-electron chi connectivity index (χ1n) is 14.1.